The van der Waals surface area contributed by atoms with Crippen LogP contribution in [0.15, 0.2) is 85.1 Å². The molecular weight excluding hydrogens is 762 g/mol. The number of phosphoric ester groups is 1. The molecule has 2 unspecified atom stereocenters. The number of unbranched alkanes of at least 4 members (excludes halogenated alkanes) is 13. The van der Waals surface area contributed by atoms with Crippen LogP contribution in [0, 0.1) is 0 Å². The van der Waals surface area contributed by atoms with Crippen LogP contribution >= 0.6 is 7.82 Å². The van der Waals surface area contributed by atoms with E-state index in [2.05, 4.69) is 98.9 Å². The van der Waals surface area contributed by atoms with Crippen LogP contribution in [0.3, 0.4) is 0 Å². The van der Waals surface area contributed by atoms with Gasteiger partial charge in [0.15, 0.2) is 6.10 Å². The van der Waals surface area contributed by atoms with Gasteiger partial charge in [-0.3, -0.25) is 18.6 Å². The van der Waals surface area contributed by atoms with Gasteiger partial charge >= 0.3 is 19.8 Å². The highest BCUT2D eigenvalue weighted by molar-refractivity contribution is 7.47. The molecule has 0 radical (unpaired) electrons. The zero-order chi connectivity index (χ0) is 43.3. The third-order valence-corrected chi connectivity index (χ3v) is 10.2. The van der Waals surface area contributed by atoms with E-state index in [-0.39, 0.29) is 26.1 Å². The van der Waals surface area contributed by atoms with Gasteiger partial charge in [0.25, 0.3) is 0 Å². The van der Waals surface area contributed by atoms with E-state index < -0.39 is 32.5 Å². The molecule has 0 rings (SSSR count). The van der Waals surface area contributed by atoms with Gasteiger partial charge in [-0.25, -0.2) is 4.57 Å². The summed E-state index contributed by atoms with van der Waals surface area (Å²) in [5.74, 6) is -0.907. The van der Waals surface area contributed by atoms with Crippen molar-refractivity contribution in [3.63, 3.8) is 0 Å². The maximum atomic E-state index is 12.7. The van der Waals surface area contributed by atoms with Crippen LogP contribution in [-0.2, 0) is 32.7 Å². The molecule has 2 atom stereocenters. The lowest BCUT2D eigenvalue weighted by Gasteiger charge is -2.20. The predicted octanol–water partition coefficient (Wildman–Crippen LogP) is 13.4. The molecule has 0 saturated carbocycles. The van der Waals surface area contributed by atoms with Crippen LogP contribution in [0.4, 0.5) is 0 Å². The van der Waals surface area contributed by atoms with Crippen LogP contribution in [0.25, 0.3) is 0 Å². The molecule has 0 aromatic carbocycles. The molecule has 0 aromatic rings. The van der Waals surface area contributed by atoms with E-state index in [0.29, 0.717) is 19.4 Å². The summed E-state index contributed by atoms with van der Waals surface area (Å²) in [6, 6.07) is 0. The third kappa shape index (κ3) is 44.6. The molecule has 59 heavy (non-hydrogen) atoms. The topological polar surface area (TPSA) is 112 Å². The number of allylic oxidation sites excluding steroid dienone is 14. The van der Waals surface area contributed by atoms with Crippen LogP contribution in [0.1, 0.15) is 168 Å². The van der Waals surface area contributed by atoms with Crippen molar-refractivity contribution in [1.82, 2.24) is 4.90 Å². The summed E-state index contributed by atoms with van der Waals surface area (Å²) in [6.45, 7) is 4.18. The Hall–Kier alpha value is -2.81. The van der Waals surface area contributed by atoms with Gasteiger partial charge in [0.1, 0.15) is 6.61 Å². The number of carbonyl (C=O) groups is 2. The molecule has 0 aromatic heterocycles. The van der Waals surface area contributed by atoms with Crippen LogP contribution < -0.4 is 0 Å². The minimum Gasteiger partial charge on any atom is -0.462 e. The first kappa shape index (κ1) is 56.2. The fourth-order valence-corrected chi connectivity index (χ4v) is 6.37. The normalized spacial score (nSPS) is 14.1. The smallest absolute Gasteiger partial charge is 0.462 e. The standard InChI is InChI=1S/C49H84NO8P/c1-5-7-9-11-13-15-17-19-21-23-24-26-28-30-32-34-36-38-40-42-49(52)58-47(46-57-59(53,54)56-44-43-50(3)4)45-55-48(51)41-39-37-35-33-31-29-27-25-22-20-18-16-14-12-10-8-6-2/h13,15,19-22,24,26-27,29-30,32-33,35,47H,5-12,14,16-18,23,25,28,31,34,36-46H2,1-4H3,(H,53,54)/b15-13-,21-19-,22-20-,26-24-,29-27-,32-30-,35-33-. The van der Waals surface area contributed by atoms with Crippen molar-refractivity contribution in [1.29, 1.82) is 0 Å². The van der Waals surface area contributed by atoms with Gasteiger partial charge in [-0.2, -0.15) is 0 Å². The second-order valence-corrected chi connectivity index (χ2v) is 16.7. The number of esters is 2. The highest BCUT2D eigenvalue weighted by Crippen LogP contribution is 2.43. The highest BCUT2D eigenvalue weighted by Gasteiger charge is 2.26. The molecular formula is C49H84NO8P. The minimum absolute atomic E-state index is 0.0112. The number of ether oxygens (including phenoxy) is 2. The van der Waals surface area contributed by atoms with Crippen molar-refractivity contribution in [3.8, 4) is 0 Å². The first-order valence-electron chi connectivity index (χ1n) is 22.9. The monoisotopic (exact) mass is 846 g/mol. The molecule has 0 fully saturated rings. The summed E-state index contributed by atoms with van der Waals surface area (Å²) >= 11 is 0. The molecule has 0 aliphatic rings. The Balaban J connectivity index is 4.43. The average molecular weight is 846 g/mol. The van der Waals surface area contributed by atoms with Gasteiger partial charge in [-0.1, -0.05) is 150 Å². The summed E-state index contributed by atoms with van der Waals surface area (Å²) in [6.07, 6.45) is 53.5. The Kier molecular flexibility index (Phi) is 41.2. The van der Waals surface area contributed by atoms with Crippen molar-refractivity contribution in [2.75, 3.05) is 40.5 Å². The van der Waals surface area contributed by atoms with Gasteiger partial charge in [0.05, 0.1) is 13.2 Å². The van der Waals surface area contributed by atoms with E-state index in [4.69, 9.17) is 18.5 Å². The largest absolute Gasteiger partial charge is 0.472 e. The fraction of sp³-hybridized carbons (Fsp3) is 0.673. The number of rotatable bonds is 41. The van der Waals surface area contributed by atoms with E-state index >= 15 is 0 Å². The summed E-state index contributed by atoms with van der Waals surface area (Å²) < 4.78 is 33.4. The average Bonchev–Trinajstić information content (AvgIpc) is 3.20. The van der Waals surface area contributed by atoms with E-state index in [1.807, 2.05) is 14.1 Å². The first-order valence-corrected chi connectivity index (χ1v) is 24.4. The van der Waals surface area contributed by atoms with E-state index in [1.165, 1.54) is 64.2 Å². The number of hydrogen-bond donors (Lipinski definition) is 1. The lowest BCUT2D eigenvalue weighted by Crippen LogP contribution is -2.29. The van der Waals surface area contributed by atoms with Gasteiger partial charge in [0, 0.05) is 19.4 Å². The maximum absolute atomic E-state index is 12.7. The lowest BCUT2D eigenvalue weighted by atomic mass is 10.1. The van der Waals surface area contributed by atoms with Crippen LogP contribution in [-0.4, -0.2) is 68.3 Å². The molecule has 10 heteroatoms. The molecule has 338 valence electrons. The lowest BCUT2D eigenvalue weighted by molar-refractivity contribution is -0.161. The second kappa shape index (κ2) is 43.3. The van der Waals surface area contributed by atoms with Crippen LogP contribution in [0.2, 0.25) is 0 Å². The summed E-state index contributed by atoms with van der Waals surface area (Å²) in [7, 11) is -0.761. The Morgan fingerprint density at radius 3 is 1.44 bits per heavy atom. The minimum atomic E-state index is -4.39. The van der Waals surface area contributed by atoms with E-state index in [0.717, 1.165) is 64.2 Å². The summed E-state index contributed by atoms with van der Waals surface area (Å²) in [4.78, 5) is 37.0. The predicted molar refractivity (Wildman–Crippen MR) is 247 cm³/mol. The fourth-order valence-electron chi connectivity index (χ4n) is 5.63. The molecule has 0 aliphatic carbocycles. The number of likely N-dealkylation sites (N-methyl/N-ethyl adjacent to an activating group) is 1. The molecule has 1 N–H and O–H groups in total. The Bertz CT molecular complexity index is 1250. The van der Waals surface area contributed by atoms with Crippen LogP contribution in [0.5, 0.6) is 0 Å². The van der Waals surface area contributed by atoms with Crippen molar-refractivity contribution in [3.05, 3.63) is 85.1 Å². The molecule has 0 spiro atoms. The van der Waals surface area contributed by atoms with Gasteiger partial charge < -0.3 is 19.3 Å². The zero-order valence-corrected chi connectivity index (χ0v) is 38.6. The molecule has 0 heterocycles. The molecule has 0 bridgehead atoms. The number of nitrogens with zero attached hydrogens (tertiary/aromatic N) is 1. The second-order valence-electron chi connectivity index (χ2n) is 15.2. The van der Waals surface area contributed by atoms with Crippen molar-refractivity contribution >= 4 is 19.8 Å². The highest BCUT2D eigenvalue weighted by atomic mass is 31.2. The van der Waals surface area contributed by atoms with Gasteiger partial charge in [-0.15, -0.1) is 0 Å². The Morgan fingerprint density at radius 1 is 0.525 bits per heavy atom. The first-order chi connectivity index (χ1) is 28.7. The van der Waals surface area contributed by atoms with Gasteiger partial charge in [0.2, 0.25) is 0 Å². The van der Waals surface area contributed by atoms with Crippen molar-refractivity contribution in [2.45, 2.75) is 174 Å². The Morgan fingerprint density at radius 2 is 0.932 bits per heavy atom. The number of hydrogen-bond acceptors (Lipinski definition) is 8. The maximum Gasteiger partial charge on any atom is 0.472 e. The SMILES string of the molecule is CCCCC/C=C\C/C=C\C/C=C\C/C=C\CCCCCC(=O)OC(COC(=O)CCC/C=C\C/C=C\C/C=C\CCCCCCCC)COP(=O)(O)OCCN(C)C. The van der Waals surface area contributed by atoms with Crippen molar-refractivity contribution < 1.29 is 37.6 Å². The quantitative estimate of drug-likeness (QED) is 0.0278. The summed E-state index contributed by atoms with van der Waals surface area (Å²) in [5, 5.41) is 0. The third-order valence-electron chi connectivity index (χ3n) is 9.17. The number of phosphoric acid groups is 1. The van der Waals surface area contributed by atoms with E-state index in [9.17, 15) is 19.0 Å². The molecule has 9 nitrogen and oxygen atoms in total. The van der Waals surface area contributed by atoms with E-state index in [1.54, 1.807) is 4.90 Å². The molecule has 0 aliphatic heterocycles. The zero-order valence-electron chi connectivity index (χ0n) is 37.7. The van der Waals surface area contributed by atoms with Gasteiger partial charge in [-0.05, 0) is 104 Å². The summed E-state index contributed by atoms with van der Waals surface area (Å²) in [5.41, 5.74) is 0. The Labute approximate surface area is 360 Å². The molecule has 0 amide bonds. The molecule has 0 saturated heterocycles. The number of carbonyl (C=O) groups excluding carboxylic acids is 2. The van der Waals surface area contributed by atoms with Crippen molar-refractivity contribution in [2.24, 2.45) is 0 Å².